The summed E-state index contributed by atoms with van der Waals surface area (Å²) in [6, 6.07) is 8.42. The molecule has 0 aromatic heterocycles. The molecule has 0 N–H and O–H groups in total. The standard InChI is InChI=1S/C29H39FN4O2/c1-20(2)36-26-12-5-9-23(16-26)19-32-15-13-29(18-22(32)4)27(33-14-7-8-21(33)3)31-28(35)34(29)25-11-6-10-24(30)17-25/h5-6,9-12,16,20-22,25H,7-8,13-15,17-19H2,1-4H3/t21?,22-,25?,29+/m0/s1. The number of likely N-dealkylation sites (tertiary alicyclic amines) is 2. The van der Waals surface area contributed by atoms with E-state index >= 15 is 0 Å². The fourth-order valence-electron chi connectivity index (χ4n) is 6.53. The van der Waals surface area contributed by atoms with Crippen LogP contribution < -0.4 is 4.74 Å². The largest absolute Gasteiger partial charge is 0.491 e. The van der Waals surface area contributed by atoms with E-state index in [9.17, 15) is 9.18 Å². The van der Waals surface area contributed by atoms with Gasteiger partial charge in [-0.15, -0.1) is 0 Å². The first kappa shape index (κ1) is 25.0. The summed E-state index contributed by atoms with van der Waals surface area (Å²) in [7, 11) is 0. The van der Waals surface area contributed by atoms with Gasteiger partial charge in [-0.3, -0.25) is 4.90 Å². The van der Waals surface area contributed by atoms with E-state index in [4.69, 9.17) is 4.74 Å². The number of amidine groups is 1. The average Bonchev–Trinajstić information content (AvgIpc) is 3.35. The second-order valence-corrected chi connectivity index (χ2v) is 11.2. The molecule has 0 radical (unpaired) electrons. The van der Waals surface area contributed by atoms with Crippen LogP contribution in [0.3, 0.4) is 0 Å². The molecule has 3 heterocycles. The Hall–Kier alpha value is -2.67. The van der Waals surface area contributed by atoms with Crippen LogP contribution in [0.25, 0.3) is 0 Å². The lowest BCUT2D eigenvalue weighted by atomic mass is 9.79. The van der Waals surface area contributed by atoms with E-state index in [2.05, 4.69) is 46.8 Å². The number of benzene rings is 1. The molecular weight excluding hydrogens is 455 g/mol. The first-order valence-electron chi connectivity index (χ1n) is 13.5. The summed E-state index contributed by atoms with van der Waals surface area (Å²) in [5.41, 5.74) is 0.723. The molecule has 1 aromatic rings. The molecule has 3 aliphatic heterocycles. The maximum Gasteiger partial charge on any atom is 0.346 e. The molecule has 4 aliphatic rings. The van der Waals surface area contributed by atoms with Crippen LogP contribution in [0.5, 0.6) is 5.75 Å². The van der Waals surface area contributed by atoms with E-state index in [-0.39, 0.29) is 36.5 Å². The Balaban J connectivity index is 1.40. The van der Waals surface area contributed by atoms with Gasteiger partial charge >= 0.3 is 6.03 Å². The van der Waals surface area contributed by atoms with Gasteiger partial charge in [0.15, 0.2) is 0 Å². The van der Waals surface area contributed by atoms with Gasteiger partial charge in [0.2, 0.25) is 0 Å². The minimum atomic E-state index is -0.499. The average molecular weight is 495 g/mol. The van der Waals surface area contributed by atoms with Crippen molar-refractivity contribution in [2.75, 3.05) is 13.1 Å². The van der Waals surface area contributed by atoms with Crippen LogP contribution in [0.15, 0.2) is 53.3 Å². The highest BCUT2D eigenvalue weighted by Crippen LogP contribution is 2.43. The number of allylic oxidation sites excluding steroid dienone is 2. The summed E-state index contributed by atoms with van der Waals surface area (Å²) in [4.78, 5) is 24.9. The van der Waals surface area contributed by atoms with Gasteiger partial charge in [0.1, 0.15) is 23.0 Å². The van der Waals surface area contributed by atoms with Crippen molar-refractivity contribution in [2.45, 2.75) is 96.1 Å². The number of halogens is 1. The summed E-state index contributed by atoms with van der Waals surface area (Å²) < 4.78 is 20.2. The number of amides is 2. The lowest BCUT2D eigenvalue weighted by Crippen LogP contribution is -2.65. The van der Waals surface area contributed by atoms with Gasteiger partial charge in [-0.2, -0.15) is 4.99 Å². The van der Waals surface area contributed by atoms with Crippen LogP contribution in [-0.4, -0.2) is 69.4 Å². The molecule has 36 heavy (non-hydrogen) atoms. The summed E-state index contributed by atoms with van der Waals surface area (Å²) in [6.45, 7) is 11.2. The van der Waals surface area contributed by atoms with Gasteiger partial charge in [0, 0.05) is 38.1 Å². The molecule has 6 nitrogen and oxygen atoms in total. The van der Waals surface area contributed by atoms with Crippen molar-refractivity contribution < 1.29 is 13.9 Å². The van der Waals surface area contributed by atoms with Crippen molar-refractivity contribution in [3.8, 4) is 5.75 Å². The lowest BCUT2D eigenvalue weighted by Gasteiger charge is -2.51. The molecule has 4 atom stereocenters. The van der Waals surface area contributed by atoms with Gasteiger partial charge < -0.3 is 14.5 Å². The maximum atomic E-state index is 14.3. The molecule has 2 fully saturated rings. The van der Waals surface area contributed by atoms with Crippen LogP contribution in [0.1, 0.15) is 65.4 Å². The number of nitrogens with zero attached hydrogens (tertiary/aromatic N) is 4. The van der Waals surface area contributed by atoms with E-state index in [0.717, 1.165) is 56.9 Å². The number of carbonyl (C=O) groups is 1. The van der Waals surface area contributed by atoms with Crippen LogP contribution in [-0.2, 0) is 6.54 Å². The predicted octanol–water partition coefficient (Wildman–Crippen LogP) is 5.70. The topological polar surface area (TPSA) is 48.4 Å². The maximum absolute atomic E-state index is 14.3. The minimum Gasteiger partial charge on any atom is -0.491 e. The molecule has 2 saturated heterocycles. The Morgan fingerprint density at radius 2 is 2.06 bits per heavy atom. The Bertz CT molecular complexity index is 1080. The quantitative estimate of drug-likeness (QED) is 0.527. The third-order valence-electron chi connectivity index (χ3n) is 8.18. The van der Waals surface area contributed by atoms with Crippen molar-refractivity contribution in [1.29, 1.82) is 0 Å². The number of urea groups is 1. The third kappa shape index (κ3) is 4.70. The summed E-state index contributed by atoms with van der Waals surface area (Å²) in [5.74, 6) is 1.63. The van der Waals surface area contributed by atoms with Crippen LogP contribution in [0, 0.1) is 0 Å². The van der Waals surface area contributed by atoms with Crippen molar-refractivity contribution >= 4 is 11.9 Å². The first-order valence-corrected chi connectivity index (χ1v) is 13.5. The van der Waals surface area contributed by atoms with E-state index in [1.54, 1.807) is 6.08 Å². The number of hydrogen-bond acceptors (Lipinski definition) is 4. The SMILES string of the molecule is CC(C)Oc1cccc(CN2CC[C@@]3(C[C@@H]2C)C(N2CCCC2C)=NC(=O)N3C2C=CC=C(F)C2)c1. The molecule has 5 rings (SSSR count). The zero-order valence-corrected chi connectivity index (χ0v) is 22.0. The monoisotopic (exact) mass is 494 g/mol. The number of piperidine rings is 1. The molecule has 1 spiro atoms. The van der Waals surface area contributed by atoms with Crippen molar-refractivity contribution in [1.82, 2.24) is 14.7 Å². The highest BCUT2D eigenvalue weighted by molar-refractivity contribution is 6.07. The molecule has 0 bridgehead atoms. The third-order valence-corrected chi connectivity index (χ3v) is 8.18. The van der Waals surface area contributed by atoms with E-state index < -0.39 is 5.54 Å². The molecule has 2 amide bonds. The molecule has 194 valence electrons. The highest BCUT2D eigenvalue weighted by atomic mass is 19.1. The van der Waals surface area contributed by atoms with Crippen molar-refractivity contribution in [2.24, 2.45) is 4.99 Å². The fraction of sp³-hybridized carbons (Fsp3) is 0.586. The zero-order valence-electron chi connectivity index (χ0n) is 22.0. The van der Waals surface area contributed by atoms with Crippen LogP contribution in [0.4, 0.5) is 9.18 Å². The second-order valence-electron chi connectivity index (χ2n) is 11.2. The number of hydrogen-bond donors (Lipinski definition) is 0. The van der Waals surface area contributed by atoms with Gasteiger partial charge in [-0.25, -0.2) is 9.18 Å². The first-order chi connectivity index (χ1) is 17.3. The molecule has 1 aromatic carbocycles. The number of aliphatic imine (C=N–C) groups is 1. The highest BCUT2D eigenvalue weighted by Gasteiger charge is 2.56. The number of rotatable bonds is 5. The van der Waals surface area contributed by atoms with E-state index in [1.807, 2.05) is 30.9 Å². The van der Waals surface area contributed by atoms with Crippen molar-refractivity contribution in [3.63, 3.8) is 0 Å². The molecular formula is C29H39FN4O2. The predicted molar refractivity (Wildman–Crippen MR) is 141 cm³/mol. The number of ether oxygens (including phenoxy) is 1. The van der Waals surface area contributed by atoms with Crippen LogP contribution >= 0.6 is 0 Å². The van der Waals surface area contributed by atoms with Gasteiger partial charge in [0.05, 0.1) is 12.1 Å². The van der Waals surface area contributed by atoms with Gasteiger partial charge in [-0.05, 0) is 77.2 Å². The zero-order chi connectivity index (χ0) is 25.4. The number of carbonyl (C=O) groups excluding carboxylic acids is 1. The van der Waals surface area contributed by atoms with Gasteiger partial charge in [-0.1, -0.05) is 24.3 Å². The molecule has 7 heteroatoms. The Morgan fingerprint density at radius 3 is 2.75 bits per heavy atom. The minimum absolute atomic E-state index is 0.138. The fourth-order valence-corrected chi connectivity index (χ4v) is 6.53. The smallest absolute Gasteiger partial charge is 0.346 e. The Kier molecular flexibility index (Phi) is 6.95. The summed E-state index contributed by atoms with van der Waals surface area (Å²) in [6.07, 6.45) is 9.37. The van der Waals surface area contributed by atoms with E-state index in [0.29, 0.717) is 6.04 Å². The van der Waals surface area contributed by atoms with Gasteiger partial charge in [0.25, 0.3) is 0 Å². The summed E-state index contributed by atoms with van der Waals surface area (Å²) >= 11 is 0. The molecule has 2 unspecified atom stereocenters. The second kappa shape index (κ2) is 10.0. The van der Waals surface area contributed by atoms with Crippen molar-refractivity contribution in [3.05, 3.63) is 53.9 Å². The summed E-state index contributed by atoms with van der Waals surface area (Å²) in [5, 5.41) is 0. The Morgan fingerprint density at radius 1 is 1.22 bits per heavy atom. The lowest BCUT2D eigenvalue weighted by molar-refractivity contribution is 0.0438. The molecule has 0 saturated carbocycles. The molecule has 1 aliphatic carbocycles. The Labute approximate surface area is 214 Å². The van der Waals surface area contributed by atoms with E-state index in [1.165, 1.54) is 11.6 Å². The van der Waals surface area contributed by atoms with Crippen LogP contribution in [0.2, 0.25) is 0 Å². The normalized spacial score (nSPS) is 30.9.